The van der Waals surface area contributed by atoms with E-state index in [9.17, 15) is 33.6 Å². The number of alkyl halides is 3. The Morgan fingerprint density at radius 1 is 1.12 bits per heavy atom. The Kier molecular flexibility index (Phi) is 6.15. The predicted molar refractivity (Wildman–Crippen MR) is 109 cm³/mol. The number of ether oxygens (including phenoxy) is 3. The zero-order chi connectivity index (χ0) is 24.2. The molecule has 0 aliphatic carbocycles. The first-order valence-corrected chi connectivity index (χ1v) is 10.5. The lowest BCUT2D eigenvalue weighted by Gasteiger charge is -2.47. The van der Waals surface area contributed by atoms with Crippen molar-refractivity contribution in [1.29, 1.82) is 0 Å². The lowest BCUT2D eigenvalue weighted by molar-refractivity contribution is -0.336. The molecule has 1 unspecified atom stereocenters. The van der Waals surface area contributed by atoms with Gasteiger partial charge in [-0.1, -0.05) is 29.8 Å². The molecule has 2 aliphatic heterocycles. The van der Waals surface area contributed by atoms with E-state index in [0.29, 0.717) is 21.7 Å². The highest BCUT2D eigenvalue weighted by Gasteiger charge is 2.68. The molecular formula is C22H22ClF3O7. The Morgan fingerprint density at radius 2 is 1.79 bits per heavy atom. The zero-order valence-corrected chi connectivity index (χ0v) is 18.0. The summed E-state index contributed by atoms with van der Waals surface area (Å²) in [6.45, 7) is 1.10. The maximum Gasteiger partial charge on any atom is 0.573 e. The van der Waals surface area contributed by atoms with Gasteiger partial charge in [-0.05, 0) is 48.7 Å². The quantitative estimate of drug-likeness (QED) is 0.509. The lowest BCUT2D eigenvalue weighted by Crippen LogP contribution is -2.67. The largest absolute Gasteiger partial charge is 0.573 e. The highest BCUT2D eigenvalue weighted by Crippen LogP contribution is 2.51. The minimum Gasteiger partial charge on any atom is -0.406 e. The molecule has 4 rings (SSSR count). The second-order valence-electron chi connectivity index (χ2n) is 8.24. The van der Waals surface area contributed by atoms with Gasteiger partial charge in [0, 0.05) is 10.6 Å². The summed E-state index contributed by atoms with van der Waals surface area (Å²) in [5.41, 5.74) is -0.179. The molecule has 0 spiro atoms. The third kappa shape index (κ3) is 4.21. The molecule has 7 nitrogen and oxygen atoms in total. The molecule has 33 heavy (non-hydrogen) atoms. The van der Waals surface area contributed by atoms with E-state index in [2.05, 4.69) is 4.74 Å². The zero-order valence-electron chi connectivity index (χ0n) is 17.3. The molecule has 0 aromatic heterocycles. The number of hydrogen-bond donors (Lipinski definition) is 4. The van der Waals surface area contributed by atoms with Crippen molar-refractivity contribution in [3.63, 3.8) is 0 Å². The van der Waals surface area contributed by atoms with Gasteiger partial charge < -0.3 is 34.6 Å². The smallest absolute Gasteiger partial charge is 0.406 e. The molecule has 11 heteroatoms. The molecule has 0 radical (unpaired) electrons. The Balaban J connectivity index is 1.64. The maximum absolute atomic E-state index is 12.4. The average molecular weight is 491 g/mol. The van der Waals surface area contributed by atoms with Crippen LogP contribution >= 0.6 is 11.6 Å². The molecule has 180 valence electrons. The minimum absolute atomic E-state index is 0.220. The van der Waals surface area contributed by atoms with Crippen molar-refractivity contribution in [1.82, 2.24) is 0 Å². The van der Waals surface area contributed by atoms with Gasteiger partial charge in [0.1, 0.15) is 29.7 Å². The van der Waals surface area contributed by atoms with E-state index in [0.717, 1.165) is 0 Å². The van der Waals surface area contributed by atoms with Crippen LogP contribution in [0.25, 0.3) is 0 Å². The van der Waals surface area contributed by atoms with Gasteiger partial charge in [0.05, 0.1) is 12.7 Å². The summed E-state index contributed by atoms with van der Waals surface area (Å²) in [5, 5.41) is 42.2. The highest BCUT2D eigenvalue weighted by atomic mass is 35.5. The third-order valence-corrected chi connectivity index (χ3v) is 6.47. The van der Waals surface area contributed by atoms with Gasteiger partial charge in [-0.15, -0.1) is 13.2 Å². The maximum atomic E-state index is 12.4. The molecule has 0 amide bonds. The van der Waals surface area contributed by atoms with Crippen molar-refractivity contribution >= 4 is 11.6 Å². The van der Waals surface area contributed by atoms with Gasteiger partial charge in [-0.2, -0.15) is 0 Å². The topological polar surface area (TPSA) is 109 Å². The van der Waals surface area contributed by atoms with Crippen LogP contribution in [0.5, 0.6) is 5.75 Å². The monoisotopic (exact) mass is 490 g/mol. The van der Waals surface area contributed by atoms with E-state index in [4.69, 9.17) is 21.1 Å². The summed E-state index contributed by atoms with van der Waals surface area (Å²) in [5.74, 6) is -2.22. The molecule has 2 fully saturated rings. The normalized spacial score (nSPS) is 32.6. The molecule has 2 saturated heterocycles. The van der Waals surface area contributed by atoms with Gasteiger partial charge in [0.2, 0.25) is 5.79 Å². The van der Waals surface area contributed by atoms with Crippen LogP contribution in [0.4, 0.5) is 13.2 Å². The number of aliphatic hydroxyl groups is 4. The lowest BCUT2D eigenvalue weighted by atomic mass is 9.81. The van der Waals surface area contributed by atoms with Crippen molar-refractivity contribution in [2.24, 2.45) is 0 Å². The van der Waals surface area contributed by atoms with Gasteiger partial charge >= 0.3 is 6.36 Å². The van der Waals surface area contributed by atoms with Crippen LogP contribution in [0.3, 0.4) is 0 Å². The summed E-state index contributed by atoms with van der Waals surface area (Å²) in [7, 11) is 0. The SMILES string of the molecule is CC(O)[C@@]12CO[C@@](c3ccc(Cl)c(Cc4ccc(OC(F)(F)F)cc4)c3)(O1)[C@H](O)[C@@H](O)[C@@H]2O. The van der Waals surface area contributed by atoms with Crippen LogP contribution in [-0.4, -0.2) is 63.4 Å². The molecule has 2 aromatic carbocycles. The van der Waals surface area contributed by atoms with Crippen molar-refractivity contribution in [3.05, 3.63) is 64.2 Å². The fraction of sp³-hybridized carbons (Fsp3) is 0.455. The average Bonchev–Trinajstić information content (AvgIpc) is 3.14. The van der Waals surface area contributed by atoms with Crippen LogP contribution in [0.15, 0.2) is 42.5 Å². The Hall–Kier alpha value is -1.92. The van der Waals surface area contributed by atoms with Crippen LogP contribution in [-0.2, 0) is 21.7 Å². The molecule has 2 aromatic rings. The fourth-order valence-corrected chi connectivity index (χ4v) is 4.45. The molecule has 2 aliphatic rings. The Labute approximate surface area is 191 Å². The first-order valence-electron chi connectivity index (χ1n) is 10.1. The van der Waals surface area contributed by atoms with Crippen molar-refractivity contribution in [2.75, 3.05) is 6.61 Å². The molecular weight excluding hydrogens is 469 g/mol. The van der Waals surface area contributed by atoms with E-state index in [1.54, 1.807) is 6.07 Å². The van der Waals surface area contributed by atoms with Crippen LogP contribution in [0, 0.1) is 0 Å². The van der Waals surface area contributed by atoms with Crippen LogP contribution in [0.2, 0.25) is 5.02 Å². The molecule has 6 atom stereocenters. The first-order chi connectivity index (χ1) is 15.4. The van der Waals surface area contributed by atoms with E-state index in [1.807, 2.05) is 0 Å². The Morgan fingerprint density at radius 3 is 2.39 bits per heavy atom. The van der Waals surface area contributed by atoms with Gasteiger partial charge in [0.25, 0.3) is 0 Å². The van der Waals surface area contributed by atoms with Gasteiger partial charge in [-0.25, -0.2) is 0 Å². The predicted octanol–water partition coefficient (Wildman–Crippen LogP) is 2.24. The summed E-state index contributed by atoms with van der Waals surface area (Å²) in [4.78, 5) is 0. The van der Waals surface area contributed by atoms with Gasteiger partial charge in [-0.3, -0.25) is 0 Å². The van der Waals surface area contributed by atoms with Crippen LogP contribution in [0.1, 0.15) is 23.6 Å². The second-order valence-corrected chi connectivity index (χ2v) is 8.65. The third-order valence-electron chi connectivity index (χ3n) is 6.10. The second kappa shape index (κ2) is 8.38. The van der Waals surface area contributed by atoms with Crippen LogP contribution < -0.4 is 4.74 Å². The molecule has 4 N–H and O–H groups in total. The van der Waals surface area contributed by atoms with Crippen molar-refractivity contribution in [2.45, 2.75) is 55.5 Å². The number of halogens is 4. The fourth-order valence-electron chi connectivity index (χ4n) is 4.26. The molecule has 2 heterocycles. The number of rotatable bonds is 5. The Bertz CT molecular complexity index is 1020. The number of benzene rings is 2. The summed E-state index contributed by atoms with van der Waals surface area (Å²) >= 11 is 6.32. The summed E-state index contributed by atoms with van der Waals surface area (Å²) in [6.07, 6.45) is -10.7. The summed E-state index contributed by atoms with van der Waals surface area (Å²) < 4.78 is 52.6. The molecule has 0 saturated carbocycles. The van der Waals surface area contributed by atoms with Crippen molar-refractivity contribution < 1.29 is 47.8 Å². The minimum atomic E-state index is -4.79. The van der Waals surface area contributed by atoms with Gasteiger partial charge in [0.15, 0.2) is 0 Å². The number of hydrogen-bond acceptors (Lipinski definition) is 7. The molecule has 2 bridgehead atoms. The van der Waals surface area contributed by atoms with E-state index in [1.165, 1.54) is 43.3 Å². The summed E-state index contributed by atoms with van der Waals surface area (Å²) in [6, 6.07) is 9.91. The highest BCUT2D eigenvalue weighted by molar-refractivity contribution is 6.31. The van der Waals surface area contributed by atoms with Crippen molar-refractivity contribution in [3.8, 4) is 5.75 Å². The number of fused-ring (bicyclic) bond motifs is 2. The van der Waals surface area contributed by atoms with E-state index in [-0.39, 0.29) is 18.8 Å². The first kappa shape index (κ1) is 24.2. The number of aliphatic hydroxyl groups excluding tert-OH is 4. The van der Waals surface area contributed by atoms with E-state index < -0.39 is 42.2 Å². The van der Waals surface area contributed by atoms with E-state index >= 15 is 0 Å². The standard InChI is InChI=1S/C22H22ClF3O7/c1-11(27)20-10-31-21(33-20,19(30)17(28)18(20)29)14-4-7-16(23)13(9-14)8-12-2-5-15(6-3-12)32-22(24,25)26/h2-7,9,11,17-19,27-30H,8,10H2,1H3/t11?,17-,18-,19+,20+,21-/m0/s1.